The van der Waals surface area contributed by atoms with E-state index in [9.17, 15) is 10.2 Å². The third kappa shape index (κ3) is 20.5. The van der Waals surface area contributed by atoms with Gasteiger partial charge >= 0.3 is 0 Å². The first kappa shape index (κ1) is 97.4. The second kappa shape index (κ2) is 46.0. The number of hydrogen-bond donors (Lipinski definition) is 2. The van der Waals surface area contributed by atoms with Crippen molar-refractivity contribution >= 4 is 178 Å². The fraction of sp³-hybridized carbons (Fsp3) is 0.0526. The van der Waals surface area contributed by atoms with Crippen molar-refractivity contribution in [3.05, 3.63) is 430 Å². The van der Waals surface area contributed by atoms with Gasteiger partial charge in [0.25, 0.3) is 23.0 Å². The van der Waals surface area contributed by atoms with E-state index in [1.165, 1.54) is 65.2 Å². The summed E-state index contributed by atoms with van der Waals surface area (Å²) in [7, 11) is 10.7. The number of nitrogens with zero attached hydrogens (tertiary/aromatic N) is 4. The fourth-order valence-corrected chi connectivity index (χ4v) is 23.8. The summed E-state index contributed by atoms with van der Waals surface area (Å²) in [5, 5.41) is 56.9. The number of rotatable bonds is 14. The molecule has 0 aliphatic rings. The summed E-state index contributed by atoms with van der Waals surface area (Å²) in [5.41, 5.74) is 21.5. The van der Waals surface area contributed by atoms with Gasteiger partial charge in [-0.2, -0.15) is 98.5 Å². The summed E-state index contributed by atoms with van der Waals surface area (Å²) in [6.07, 6.45) is 0. The topological polar surface area (TPSA) is 130 Å². The monoisotopic (exact) mass is 2130 g/mol. The summed E-state index contributed by atoms with van der Waals surface area (Å²) < 4.78 is 38.2. The number of hydrogen-bond acceptors (Lipinski definition) is 12. The Hall–Kier alpha value is -13.1. The number of methoxy groups -OCH3 is 2. The Morgan fingerprint density at radius 3 is 0.603 bits per heavy atom. The zero-order valence-corrected chi connectivity index (χ0v) is 87.0. The van der Waals surface area contributed by atoms with Crippen LogP contribution in [-0.4, -0.2) is 90.1 Å². The standard InChI is InChI=1S/2C22H17NO2S2.2C21H15NO2S2.4C7H7.Hf.Ti/c2*1-24-20-13-26-11-16(20)22-21(25-2)19(12-27-22)23-17-9-5-3-7-14(17)15-8-4-6-10-18(15)23;2*1-24-19-12-25-10-15(19)21-20(23)18(11-26-21)22-16-8-4-2-6-13(16)14-7-3-5-9-17(14)22;4*1-7-5-3-2-4-6-7;;/h2*3-13H,1-2H3;2*2-12,23H,1H3;4*2-6H,1H2;;/q;;;;4*-1;;/p+4. The van der Waals surface area contributed by atoms with Crippen LogP contribution in [0.5, 0.6) is 46.0 Å². The summed E-state index contributed by atoms with van der Waals surface area (Å²) in [4.78, 5) is 3.97. The quantitative estimate of drug-likeness (QED) is 0.0638. The van der Waals surface area contributed by atoms with Crippen molar-refractivity contribution in [2.75, 3.05) is 42.7 Å². The van der Waals surface area contributed by atoms with Crippen molar-refractivity contribution in [3.8, 4) is 111 Å². The van der Waals surface area contributed by atoms with Gasteiger partial charge in [-0.25, -0.2) is 0 Å². The molecule has 0 bridgehead atoms. The average molecular weight is 2130 g/mol. The Morgan fingerprint density at radius 2 is 0.412 bits per heavy atom. The van der Waals surface area contributed by atoms with Crippen molar-refractivity contribution in [3.63, 3.8) is 0 Å². The molecule has 0 fully saturated rings. The largest absolute Gasteiger partial charge is 0.584 e. The molecule has 12 aromatic carbocycles. The number of aliphatic hydroxyl groups is 4. The molecule has 22 heteroatoms. The maximum absolute atomic E-state index is 11.1. The fourth-order valence-electron chi connectivity index (χ4n) is 16.3. The van der Waals surface area contributed by atoms with Gasteiger partial charge in [0, 0.05) is 134 Å². The molecule has 0 spiro atoms. The minimum Gasteiger partial charge on any atom is -0.584 e. The summed E-state index contributed by atoms with van der Waals surface area (Å²) in [6.45, 7) is 14.9. The van der Waals surface area contributed by atoms with Crippen LogP contribution in [-0.2, 0) is 47.6 Å². The molecule has 676 valence electrons. The van der Waals surface area contributed by atoms with E-state index in [1.807, 2.05) is 192 Å². The molecule has 0 unspecified atom stereocenters. The third-order valence-electron chi connectivity index (χ3n) is 22.5. The number of ether oxygens (including phenoxy) is 6. The SMILES string of the molecule is COc1c(-n2c3ccccc3c3ccccc32)csc1-c1cscc1[OH+]C.COc1c(-n2c3ccccc3c3ccccc32)csc1-c1cscc1[OH+]C.C[OH+]c1cscc1-c1scc(-n2c3ccccc3c3ccccc32)c1O.C[OH+]c1cscc1-c1scc(-n2c3ccccc3c3ccccc32)c1O.[CH2-]c1ccccc1.[CH2-]c1ccccc1.[CH2-]c1ccccc1.[CH2-]c1ccccc1.[Hf].[Ti]. The Kier molecular flexibility index (Phi) is 32.9. The van der Waals surface area contributed by atoms with Gasteiger partial charge in [0.2, 0.25) is 0 Å². The Labute approximate surface area is 856 Å². The van der Waals surface area contributed by atoms with Gasteiger partial charge < -0.3 is 56.9 Å². The minimum atomic E-state index is 0. The Balaban J connectivity index is 0.000000125. The van der Waals surface area contributed by atoms with Crippen LogP contribution in [0.25, 0.3) is 152 Å². The number of fused-ring (bicyclic) bond motifs is 12. The van der Waals surface area contributed by atoms with Gasteiger partial charge in [-0.3, -0.25) is 0 Å². The molecule has 24 rings (SSSR count). The van der Waals surface area contributed by atoms with E-state index in [0.717, 1.165) is 143 Å². The molecule has 0 aliphatic carbocycles. The molecule has 12 heterocycles. The molecule has 0 saturated heterocycles. The molecule has 136 heavy (non-hydrogen) atoms. The number of para-hydroxylation sites is 8. The van der Waals surface area contributed by atoms with E-state index in [1.54, 1.807) is 119 Å². The molecule has 12 aromatic heterocycles. The van der Waals surface area contributed by atoms with Gasteiger partial charge in [-0.05, 0) is 48.5 Å². The van der Waals surface area contributed by atoms with E-state index >= 15 is 0 Å². The zero-order valence-electron chi connectivity index (χ0n) is 75.3. The van der Waals surface area contributed by atoms with E-state index in [4.69, 9.17) is 9.47 Å². The van der Waals surface area contributed by atoms with Crippen LogP contribution < -0.4 is 9.47 Å². The van der Waals surface area contributed by atoms with E-state index in [2.05, 4.69) is 267 Å². The minimum absolute atomic E-state index is 0. The van der Waals surface area contributed by atoms with Crippen LogP contribution in [0.4, 0.5) is 0 Å². The molecule has 0 saturated carbocycles. The third-order valence-corrected chi connectivity index (χ3v) is 29.4. The van der Waals surface area contributed by atoms with Crippen molar-refractivity contribution in [2.24, 2.45) is 0 Å². The van der Waals surface area contributed by atoms with E-state index < -0.39 is 0 Å². The molecule has 0 atom stereocenters. The van der Waals surface area contributed by atoms with Crippen LogP contribution >= 0.6 is 90.7 Å². The molecule has 12 nitrogen and oxygen atoms in total. The number of aromatic nitrogens is 4. The number of benzene rings is 12. The van der Waals surface area contributed by atoms with Crippen molar-refractivity contribution in [1.29, 1.82) is 0 Å². The first-order valence-corrected chi connectivity index (χ1v) is 50.1. The molecule has 0 radical (unpaired) electrons. The predicted molar refractivity (Wildman–Crippen MR) is 578 cm³/mol. The summed E-state index contributed by atoms with van der Waals surface area (Å²) >= 11 is 13.1. The first-order chi connectivity index (χ1) is 65.8. The Morgan fingerprint density at radius 1 is 0.235 bits per heavy atom. The van der Waals surface area contributed by atoms with Crippen LogP contribution in [0.3, 0.4) is 0 Å². The molecule has 24 aromatic rings. The molecule has 6 N–H and O–H groups in total. The number of aromatic hydroxyl groups is 6. The Bertz CT molecular complexity index is 7280. The molecular weight excluding hydrogens is 2040 g/mol. The van der Waals surface area contributed by atoms with Crippen LogP contribution in [0.2, 0.25) is 0 Å². The number of thiophene rings is 8. The van der Waals surface area contributed by atoms with Gasteiger partial charge in [-0.1, -0.05) is 170 Å². The average Bonchev–Trinajstić information content (AvgIpc) is 1.60. The van der Waals surface area contributed by atoms with Crippen molar-refractivity contribution in [2.45, 2.75) is 0 Å². The van der Waals surface area contributed by atoms with Gasteiger partial charge in [0.15, 0.2) is 51.4 Å². The van der Waals surface area contributed by atoms with Crippen molar-refractivity contribution in [1.82, 2.24) is 18.3 Å². The van der Waals surface area contributed by atoms with Crippen LogP contribution in [0.15, 0.2) is 380 Å². The second-order valence-corrected chi connectivity index (χ2v) is 37.1. The summed E-state index contributed by atoms with van der Waals surface area (Å²) in [5.74, 6) is 6.27. The zero-order chi connectivity index (χ0) is 92.6. The van der Waals surface area contributed by atoms with E-state index in [-0.39, 0.29) is 47.6 Å². The predicted octanol–water partition coefficient (Wildman–Crippen LogP) is 32.7. The normalized spacial score (nSPS) is 10.6. The molecule has 0 amide bonds. The van der Waals surface area contributed by atoms with Gasteiger partial charge in [0.1, 0.15) is 33.6 Å². The van der Waals surface area contributed by atoms with E-state index in [0.29, 0.717) is 11.5 Å². The molecular formula is C114H96HfN4O8S8Ti. The molecule has 0 aliphatic heterocycles. The smallest absolute Gasteiger partial charge is 0.274 e. The summed E-state index contributed by atoms with van der Waals surface area (Å²) in [6, 6.07) is 107. The maximum Gasteiger partial charge on any atom is 0.274 e. The van der Waals surface area contributed by atoms with Crippen LogP contribution in [0, 0.1) is 27.7 Å². The van der Waals surface area contributed by atoms with Gasteiger partial charge in [-0.15, -0.1) is 139 Å². The first-order valence-electron chi connectivity index (χ1n) is 42.8. The maximum atomic E-state index is 11.1. The second-order valence-electron chi connectivity index (χ2n) is 30.6. The van der Waals surface area contributed by atoms with Gasteiger partial charge in [0.05, 0.1) is 111 Å². The van der Waals surface area contributed by atoms with Crippen molar-refractivity contribution < 1.29 is 86.2 Å². The van der Waals surface area contributed by atoms with Crippen LogP contribution in [0.1, 0.15) is 22.3 Å².